The predicted molar refractivity (Wildman–Crippen MR) is 120 cm³/mol. The fourth-order valence-corrected chi connectivity index (χ4v) is 4.60. The zero-order valence-corrected chi connectivity index (χ0v) is 19.8. The van der Waals surface area contributed by atoms with Crippen molar-refractivity contribution in [1.82, 2.24) is 0 Å². The van der Waals surface area contributed by atoms with Gasteiger partial charge in [-0.1, -0.05) is 104 Å². The van der Waals surface area contributed by atoms with E-state index in [0.717, 1.165) is 12.8 Å². The van der Waals surface area contributed by atoms with E-state index in [9.17, 15) is 0 Å². The van der Waals surface area contributed by atoms with Crippen molar-refractivity contribution in [2.45, 2.75) is 105 Å². The molecule has 0 aromatic heterocycles. The van der Waals surface area contributed by atoms with Gasteiger partial charge in [0, 0.05) is 0 Å². The first-order chi connectivity index (χ1) is 12.0. The Hall–Kier alpha value is 0.920. The molecule has 0 aromatic carbocycles. The van der Waals surface area contributed by atoms with Crippen LogP contribution in [0.1, 0.15) is 105 Å². The van der Waals surface area contributed by atoms with Crippen molar-refractivity contribution in [1.29, 1.82) is 0 Å². The van der Waals surface area contributed by atoms with Gasteiger partial charge in [-0.05, 0) is 36.5 Å². The topological polar surface area (TPSA) is 18.5 Å². The molecule has 0 saturated carbocycles. The first-order valence-corrected chi connectivity index (χ1v) is 14.4. The minimum Gasteiger partial charge on any atom is -0.322 e. The van der Waals surface area contributed by atoms with Gasteiger partial charge in [0.15, 0.2) is 0 Å². The van der Waals surface area contributed by atoms with Crippen LogP contribution in [-0.2, 0) is 20.9 Å². The van der Waals surface area contributed by atoms with Gasteiger partial charge in [-0.25, -0.2) is 0 Å². The van der Waals surface area contributed by atoms with Crippen molar-refractivity contribution in [2.24, 2.45) is 11.8 Å². The van der Waals surface area contributed by atoms with Crippen LogP contribution < -0.4 is 0 Å². The van der Waals surface area contributed by atoms with E-state index in [-0.39, 0.29) is 0 Å². The second kappa shape index (κ2) is 17.0. The Bertz CT molecular complexity index is 312. The lowest BCUT2D eigenvalue weighted by atomic mass is 9.99. The van der Waals surface area contributed by atoms with Gasteiger partial charge in [0.1, 0.15) is 0 Å². The SMILES string of the molecule is CCCCCCC(CC)COP(=S)(S)OCC(CC)CCCCCC. The third-order valence-corrected chi connectivity index (χ3v) is 7.31. The van der Waals surface area contributed by atoms with E-state index in [1.54, 1.807) is 0 Å². The van der Waals surface area contributed by atoms with Crippen LogP contribution in [-0.4, -0.2) is 13.2 Å². The normalized spacial score (nSPS) is 16.5. The number of hydrogen-bond acceptors (Lipinski definition) is 3. The number of hydrogen-bond donors (Lipinski definition) is 1. The molecule has 0 aliphatic rings. The fourth-order valence-electron chi connectivity index (χ4n) is 2.97. The molecule has 2 atom stereocenters. The third-order valence-electron chi connectivity index (χ3n) is 5.03. The Morgan fingerprint density at radius 2 is 1.12 bits per heavy atom. The molecule has 152 valence electrons. The van der Waals surface area contributed by atoms with Crippen LogP contribution in [0.4, 0.5) is 0 Å². The largest absolute Gasteiger partial charge is 0.322 e. The lowest BCUT2D eigenvalue weighted by molar-refractivity contribution is 0.188. The lowest BCUT2D eigenvalue weighted by Gasteiger charge is -2.23. The van der Waals surface area contributed by atoms with E-state index in [0.29, 0.717) is 25.0 Å². The molecule has 25 heavy (non-hydrogen) atoms. The minimum atomic E-state index is -2.39. The third kappa shape index (κ3) is 15.7. The Morgan fingerprint density at radius 3 is 1.44 bits per heavy atom. The van der Waals surface area contributed by atoms with Crippen molar-refractivity contribution in [3.63, 3.8) is 0 Å². The first-order valence-electron chi connectivity index (χ1n) is 10.6. The van der Waals surface area contributed by atoms with E-state index in [1.165, 1.54) is 64.2 Å². The molecule has 0 N–H and O–H groups in total. The highest BCUT2D eigenvalue weighted by atomic mass is 32.9. The van der Waals surface area contributed by atoms with Gasteiger partial charge in [-0.15, -0.1) is 0 Å². The van der Waals surface area contributed by atoms with Crippen LogP contribution >= 0.6 is 17.9 Å². The monoisotopic (exact) mass is 410 g/mol. The van der Waals surface area contributed by atoms with Gasteiger partial charge in [-0.3, -0.25) is 0 Å². The molecule has 0 rings (SSSR count). The highest BCUT2D eigenvalue weighted by Crippen LogP contribution is 2.54. The molecule has 0 radical (unpaired) electrons. The summed E-state index contributed by atoms with van der Waals surface area (Å²) in [7, 11) is 0. The Morgan fingerprint density at radius 1 is 0.720 bits per heavy atom. The Labute approximate surface area is 168 Å². The molecule has 5 heteroatoms. The summed E-state index contributed by atoms with van der Waals surface area (Å²) in [5.41, 5.74) is -2.39. The number of unbranched alkanes of at least 4 members (excludes halogenated alkanes) is 6. The predicted octanol–water partition coefficient (Wildman–Crippen LogP) is 8.17. The summed E-state index contributed by atoms with van der Waals surface area (Å²) in [6.45, 7) is 10.4. The highest BCUT2D eigenvalue weighted by Gasteiger charge is 2.18. The quantitative estimate of drug-likeness (QED) is 0.140. The van der Waals surface area contributed by atoms with E-state index >= 15 is 0 Å². The van der Waals surface area contributed by atoms with Gasteiger partial charge in [0.05, 0.1) is 13.2 Å². The van der Waals surface area contributed by atoms with E-state index in [4.69, 9.17) is 20.9 Å². The summed E-state index contributed by atoms with van der Waals surface area (Å²) in [6, 6.07) is 0. The van der Waals surface area contributed by atoms with E-state index < -0.39 is 5.69 Å². The summed E-state index contributed by atoms with van der Waals surface area (Å²) < 4.78 is 11.9. The van der Waals surface area contributed by atoms with Crippen molar-refractivity contribution in [2.75, 3.05) is 13.2 Å². The van der Waals surface area contributed by atoms with Crippen LogP contribution in [0.5, 0.6) is 0 Å². The van der Waals surface area contributed by atoms with Gasteiger partial charge >= 0.3 is 0 Å². The maximum absolute atomic E-state index is 5.95. The van der Waals surface area contributed by atoms with Gasteiger partial charge in [-0.2, -0.15) is 0 Å². The van der Waals surface area contributed by atoms with Crippen LogP contribution in [0.2, 0.25) is 0 Å². The van der Waals surface area contributed by atoms with Crippen molar-refractivity contribution < 1.29 is 9.05 Å². The number of rotatable bonds is 18. The molecule has 0 aliphatic heterocycles. The summed E-state index contributed by atoms with van der Waals surface area (Å²) in [6.07, 6.45) is 15.2. The zero-order valence-electron chi connectivity index (χ0n) is 17.2. The van der Waals surface area contributed by atoms with Crippen molar-refractivity contribution >= 4 is 29.7 Å². The molecule has 2 unspecified atom stereocenters. The van der Waals surface area contributed by atoms with E-state index in [2.05, 4.69) is 39.9 Å². The average Bonchev–Trinajstić information content (AvgIpc) is 2.60. The van der Waals surface area contributed by atoms with Crippen molar-refractivity contribution in [3.05, 3.63) is 0 Å². The van der Waals surface area contributed by atoms with Gasteiger partial charge < -0.3 is 9.05 Å². The summed E-state index contributed by atoms with van der Waals surface area (Å²) in [5, 5.41) is 0. The fraction of sp³-hybridized carbons (Fsp3) is 1.00. The lowest BCUT2D eigenvalue weighted by Crippen LogP contribution is -2.10. The Kier molecular flexibility index (Phi) is 17.7. The zero-order chi connectivity index (χ0) is 19.0. The standard InChI is InChI=1S/C20H43O2PS2/c1-5-9-11-13-15-19(7-3)17-21-23(24,25)22-18-20(8-4)16-14-12-10-6-2/h19-20H,5-18H2,1-4H3,(H,24,25). The van der Waals surface area contributed by atoms with Gasteiger partial charge in [0.25, 0.3) is 0 Å². The molecular formula is C20H43O2PS2. The summed E-state index contributed by atoms with van der Waals surface area (Å²) in [5.74, 6) is 1.18. The van der Waals surface area contributed by atoms with Crippen LogP contribution in [0.25, 0.3) is 0 Å². The van der Waals surface area contributed by atoms with Gasteiger partial charge in [0.2, 0.25) is 5.69 Å². The average molecular weight is 411 g/mol. The highest BCUT2D eigenvalue weighted by molar-refractivity contribution is 8.60. The van der Waals surface area contributed by atoms with E-state index in [1.807, 2.05) is 0 Å². The molecule has 0 heterocycles. The number of thiol groups is 1. The molecule has 2 nitrogen and oxygen atoms in total. The second-order valence-electron chi connectivity index (χ2n) is 7.31. The molecule has 0 spiro atoms. The smallest absolute Gasteiger partial charge is 0.244 e. The molecule has 0 saturated heterocycles. The van der Waals surface area contributed by atoms with Crippen LogP contribution in [0, 0.1) is 11.8 Å². The molecule has 0 aromatic rings. The first kappa shape index (κ1) is 25.9. The van der Waals surface area contributed by atoms with Crippen LogP contribution in [0.3, 0.4) is 0 Å². The molecular weight excluding hydrogens is 367 g/mol. The summed E-state index contributed by atoms with van der Waals surface area (Å²) >= 11 is 10.1. The maximum atomic E-state index is 5.95. The maximum Gasteiger partial charge on any atom is 0.244 e. The summed E-state index contributed by atoms with van der Waals surface area (Å²) in [4.78, 5) is 0. The van der Waals surface area contributed by atoms with Crippen molar-refractivity contribution in [3.8, 4) is 0 Å². The molecule has 0 fully saturated rings. The molecule has 0 amide bonds. The minimum absolute atomic E-state index is 0.589. The Balaban J connectivity index is 4.04. The molecule has 0 bridgehead atoms. The van der Waals surface area contributed by atoms with Crippen LogP contribution in [0.15, 0.2) is 0 Å². The molecule has 0 aliphatic carbocycles. The second-order valence-corrected chi connectivity index (χ2v) is 12.6.